The van der Waals surface area contributed by atoms with E-state index in [-0.39, 0.29) is 12.5 Å². The molecule has 2 N–H and O–H groups in total. The lowest BCUT2D eigenvalue weighted by atomic mass is 10.1. The lowest BCUT2D eigenvalue weighted by Crippen LogP contribution is -2.12. The number of aryl methyl sites for hydroxylation is 1. The average Bonchev–Trinajstić information content (AvgIpc) is 2.47. The van der Waals surface area contributed by atoms with Gasteiger partial charge in [0.1, 0.15) is 0 Å². The summed E-state index contributed by atoms with van der Waals surface area (Å²) in [5, 5.41) is 11.7. The van der Waals surface area contributed by atoms with E-state index in [0.29, 0.717) is 12.8 Å². The highest BCUT2D eigenvalue weighted by Crippen LogP contribution is 2.17. The van der Waals surface area contributed by atoms with Crippen molar-refractivity contribution >= 4 is 11.6 Å². The Morgan fingerprint density at radius 2 is 2.10 bits per heavy atom. The summed E-state index contributed by atoms with van der Waals surface area (Å²) in [4.78, 5) is 11.9. The van der Waals surface area contributed by atoms with Gasteiger partial charge < -0.3 is 10.4 Å². The molecule has 0 spiro atoms. The van der Waals surface area contributed by atoms with Crippen LogP contribution in [0.2, 0.25) is 0 Å². The Labute approximate surface area is 127 Å². The molecule has 0 heterocycles. The molecular formula is C18H25NO2. The number of unbranched alkanes of at least 4 members (excludes halogenated alkanes) is 3. The SMILES string of the molecule is CCCCCCC(=O)Nc1ccc(C#CCCO)cc1C. The topological polar surface area (TPSA) is 49.3 Å². The van der Waals surface area contributed by atoms with Gasteiger partial charge in [-0.2, -0.15) is 0 Å². The van der Waals surface area contributed by atoms with Gasteiger partial charge in [-0.3, -0.25) is 4.79 Å². The van der Waals surface area contributed by atoms with E-state index >= 15 is 0 Å². The maximum Gasteiger partial charge on any atom is 0.224 e. The molecule has 0 unspecified atom stereocenters. The van der Waals surface area contributed by atoms with Crippen LogP contribution in [0.25, 0.3) is 0 Å². The summed E-state index contributed by atoms with van der Waals surface area (Å²) in [7, 11) is 0. The van der Waals surface area contributed by atoms with Crippen LogP contribution in [0.4, 0.5) is 5.69 Å². The van der Waals surface area contributed by atoms with Crippen molar-refractivity contribution in [3.8, 4) is 11.8 Å². The van der Waals surface area contributed by atoms with E-state index in [1.54, 1.807) is 0 Å². The van der Waals surface area contributed by atoms with Crippen LogP contribution in [0, 0.1) is 18.8 Å². The molecule has 0 atom stereocenters. The molecule has 0 bridgehead atoms. The molecule has 3 nitrogen and oxygen atoms in total. The highest BCUT2D eigenvalue weighted by Gasteiger charge is 2.04. The largest absolute Gasteiger partial charge is 0.395 e. The van der Waals surface area contributed by atoms with Gasteiger partial charge in [-0.1, -0.05) is 38.0 Å². The molecule has 0 fully saturated rings. The predicted octanol–water partition coefficient (Wildman–Crippen LogP) is 3.64. The third-order valence-electron chi connectivity index (χ3n) is 3.23. The number of rotatable bonds is 7. The van der Waals surface area contributed by atoms with Crippen LogP contribution in [0.1, 0.15) is 56.6 Å². The van der Waals surface area contributed by atoms with Crippen molar-refractivity contribution in [2.24, 2.45) is 0 Å². The van der Waals surface area contributed by atoms with Crippen molar-refractivity contribution in [3.63, 3.8) is 0 Å². The molecule has 3 heteroatoms. The fourth-order valence-corrected chi connectivity index (χ4v) is 2.03. The van der Waals surface area contributed by atoms with E-state index < -0.39 is 0 Å². The Bertz CT molecular complexity index is 512. The van der Waals surface area contributed by atoms with Gasteiger partial charge in [0.25, 0.3) is 0 Å². The normalized spacial score (nSPS) is 9.86. The van der Waals surface area contributed by atoms with Crippen LogP contribution in [0.15, 0.2) is 18.2 Å². The van der Waals surface area contributed by atoms with Crippen LogP contribution in [-0.2, 0) is 4.79 Å². The number of anilines is 1. The number of hydrogen-bond donors (Lipinski definition) is 2. The minimum atomic E-state index is 0.0771. The van der Waals surface area contributed by atoms with Gasteiger partial charge in [0.2, 0.25) is 5.91 Å². The lowest BCUT2D eigenvalue weighted by molar-refractivity contribution is -0.116. The Hall–Kier alpha value is -1.79. The van der Waals surface area contributed by atoms with Crippen LogP contribution >= 0.6 is 0 Å². The molecule has 114 valence electrons. The first kappa shape index (κ1) is 17.3. The molecule has 1 rings (SSSR count). The fourth-order valence-electron chi connectivity index (χ4n) is 2.03. The second-order valence-electron chi connectivity index (χ2n) is 5.16. The van der Waals surface area contributed by atoms with E-state index in [2.05, 4.69) is 24.1 Å². The summed E-state index contributed by atoms with van der Waals surface area (Å²) in [5.41, 5.74) is 2.76. The zero-order valence-electron chi connectivity index (χ0n) is 13.0. The third kappa shape index (κ3) is 6.97. The maximum atomic E-state index is 11.9. The van der Waals surface area contributed by atoms with Gasteiger partial charge in [-0.15, -0.1) is 0 Å². The van der Waals surface area contributed by atoms with Crippen molar-refractivity contribution in [1.29, 1.82) is 0 Å². The van der Waals surface area contributed by atoms with E-state index in [1.165, 1.54) is 12.8 Å². The summed E-state index contributed by atoms with van der Waals surface area (Å²) < 4.78 is 0. The van der Waals surface area contributed by atoms with Gasteiger partial charge in [0.05, 0.1) is 6.61 Å². The van der Waals surface area contributed by atoms with Crippen molar-refractivity contribution in [2.75, 3.05) is 11.9 Å². The molecule has 0 aliphatic heterocycles. The standard InChI is InChI=1S/C18H25NO2/c1-3-4-5-6-10-18(21)19-17-12-11-16(14-15(17)2)9-7-8-13-20/h11-12,14,20H,3-6,8,10,13H2,1-2H3,(H,19,21). The van der Waals surface area contributed by atoms with Crippen LogP contribution in [0.3, 0.4) is 0 Å². The second kappa shape index (κ2) is 10.0. The molecular weight excluding hydrogens is 262 g/mol. The number of benzene rings is 1. The van der Waals surface area contributed by atoms with Gasteiger partial charge in [-0.25, -0.2) is 0 Å². The van der Waals surface area contributed by atoms with Crippen LogP contribution in [0.5, 0.6) is 0 Å². The van der Waals surface area contributed by atoms with Crippen molar-refractivity contribution < 1.29 is 9.90 Å². The first-order chi connectivity index (χ1) is 10.2. The van der Waals surface area contributed by atoms with Crippen molar-refractivity contribution in [2.45, 2.75) is 52.4 Å². The highest BCUT2D eigenvalue weighted by molar-refractivity contribution is 5.91. The van der Waals surface area contributed by atoms with Crippen LogP contribution < -0.4 is 5.32 Å². The molecule has 1 aromatic carbocycles. The van der Waals surface area contributed by atoms with Gasteiger partial charge >= 0.3 is 0 Å². The van der Waals surface area contributed by atoms with Gasteiger partial charge in [0, 0.05) is 24.1 Å². The number of aliphatic hydroxyl groups is 1. The van der Waals surface area contributed by atoms with E-state index in [1.807, 2.05) is 25.1 Å². The number of nitrogens with one attached hydrogen (secondary N) is 1. The Kier molecular flexibility index (Phi) is 8.23. The number of carbonyl (C=O) groups is 1. The number of amides is 1. The molecule has 1 amide bonds. The van der Waals surface area contributed by atoms with Crippen molar-refractivity contribution in [3.05, 3.63) is 29.3 Å². The molecule has 0 aliphatic rings. The summed E-state index contributed by atoms with van der Waals surface area (Å²) in [5.74, 6) is 5.96. The first-order valence-corrected chi connectivity index (χ1v) is 7.67. The summed E-state index contributed by atoms with van der Waals surface area (Å²) in [6, 6.07) is 5.74. The molecule has 0 saturated heterocycles. The summed E-state index contributed by atoms with van der Waals surface area (Å²) >= 11 is 0. The first-order valence-electron chi connectivity index (χ1n) is 7.67. The van der Waals surface area contributed by atoms with Crippen LogP contribution in [-0.4, -0.2) is 17.6 Å². The number of carbonyl (C=O) groups excluding carboxylic acids is 1. The third-order valence-corrected chi connectivity index (χ3v) is 3.23. The smallest absolute Gasteiger partial charge is 0.224 e. The summed E-state index contributed by atoms with van der Waals surface area (Å²) in [6.07, 6.45) is 5.49. The zero-order valence-corrected chi connectivity index (χ0v) is 13.0. The molecule has 1 aromatic rings. The van der Waals surface area contributed by atoms with E-state index in [0.717, 1.165) is 29.7 Å². The maximum absolute atomic E-state index is 11.9. The Morgan fingerprint density at radius 1 is 1.29 bits per heavy atom. The molecule has 0 saturated carbocycles. The monoisotopic (exact) mass is 287 g/mol. The molecule has 21 heavy (non-hydrogen) atoms. The van der Waals surface area contributed by atoms with Gasteiger partial charge in [-0.05, 0) is 37.1 Å². The second-order valence-corrected chi connectivity index (χ2v) is 5.16. The zero-order chi connectivity index (χ0) is 15.5. The Morgan fingerprint density at radius 3 is 2.76 bits per heavy atom. The minimum Gasteiger partial charge on any atom is -0.395 e. The molecule has 0 aliphatic carbocycles. The summed E-state index contributed by atoms with van der Waals surface area (Å²) in [6.45, 7) is 4.20. The van der Waals surface area contributed by atoms with E-state index in [4.69, 9.17) is 5.11 Å². The van der Waals surface area contributed by atoms with Gasteiger partial charge in [0.15, 0.2) is 0 Å². The van der Waals surface area contributed by atoms with E-state index in [9.17, 15) is 4.79 Å². The quantitative estimate of drug-likeness (QED) is 0.594. The fraction of sp³-hybridized carbons (Fsp3) is 0.500. The molecule has 0 aromatic heterocycles. The number of hydrogen-bond acceptors (Lipinski definition) is 2. The Balaban J connectivity index is 2.52. The minimum absolute atomic E-state index is 0.0771. The lowest BCUT2D eigenvalue weighted by Gasteiger charge is -2.08. The average molecular weight is 287 g/mol. The van der Waals surface area contributed by atoms with Crippen molar-refractivity contribution in [1.82, 2.24) is 0 Å². The number of aliphatic hydroxyl groups excluding tert-OH is 1. The predicted molar refractivity (Wildman–Crippen MR) is 87.1 cm³/mol. The highest BCUT2D eigenvalue weighted by atomic mass is 16.2. The molecule has 0 radical (unpaired) electrons.